The van der Waals surface area contributed by atoms with E-state index in [2.05, 4.69) is 22.0 Å². The second-order valence-electron chi connectivity index (χ2n) is 10.1. The minimum atomic E-state index is -0.908. The molecule has 2 aliphatic rings. The first-order valence-electron chi connectivity index (χ1n) is 12.8. The molecule has 0 amide bonds. The first-order valence-corrected chi connectivity index (χ1v) is 12.8. The summed E-state index contributed by atoms with van der Waals surface area (Å²) in [6.45, 7) is 9.26. The Kier molecular flexibility index (Phi) is 8.06. The average molecular weight is 520 g/mol. The maximum Gasteiger partial charge on any atom is 0.337 e. The highest BCUT2D eigenvalue weighted by molar-refractivity contribution is 6.07. The first-order chi connectivity index (χ1) is 18.1. The van der Waals surface area contributed by atoms with Crippen molar-refractivity contribution in [3.63, 3.8) is 0 Å². The highest BCUT2D eigenvalue weighted by Gasteiger charge is 2.45. The van der Waals surface area contributed by atoms with Gasteiger partial charge in [0.1, 0.15) is 11.5 Å². The third-order valence-corrected chi connectivity index (χ3v) is 7.13. The summed E-state index contributed by atoms with van der Waals surface area (Å²) in [5.74, 6) is -2.85. The van der Waals surface area contributed by atoms with E-state index >= 15 is 0 Å². The molecule has 1 fully saturated rings. The van der Waals surface area contributed by atoms with Crippen molar-refractivity contribution >= 4 is 23.3 Å². The van der Waals surface area contributed by atoms with Crippen LogP contribution in [0.3, 0.4) is 0 Å². The number of rotatable bonds is 8. The molecule has 0 aliphatic carbocycles. The summed E-state index contributed by atoms with van der Waals surface area (Å²) >= 11 is 0. The molecule has 0 spiro atoms. The Morgan fingerprint density at radius 1 is 1.16 bits per heavy atom. The van der Waals surface area contributed by atoms with E-state index in [1.54, 1.807) is 32.9 Å². The molecule has 1 saturated heterocycles. The topological polar surface area (TPSA) is 111 Å². The van der Waals surface area contributed by atoms with Gasteiger partial charge in [-0.2, -0.15) is 0 Å². The summed E-state index contributed by atoms with van der Waals surface area (Å²) in [5, 5.41) is 11.5. The minimum absolute atomic E-state index is 0.130. The second kappa shape index (κ2) is 11.3. The summed E-state index contributed by atoms with van der Waals surface area (Å²) in [5.41, 5.74) is 1.90. The molecule has 2 heterocycles. The lowest BCUT2D eigenvalue weighted by molar-refractivity contribution is -0.384. The van der Waals surface area contributed by atoms with Crippen LogP contribution in [-0.4, -0.2) is 52.8 Å². The van der Waals surface area contributed by atoms with Gasteiger partial charge in [-0.1, -0.05) is 42.5 Å². The number of esters is 2. The number of likely N-dealkylation sites (tertiary alicyclic amines) is 1. The molecular formula is C29H33N3O6. The number of ether oxygens (including phenoxy) is 2. The van der Waals surface area contributed by atoms with Gasteiger partial charge in [-0.05, 0) is 38.8 Å². The molecule has 200 valence electrons. The van der Waals surface area contributed by atoms with Gasteiger partial charge in [-0.25, -0.2) is 4.79 Å². The molecule has 3 atom stereocenters. The predicted octanol–water partition coefficient (Wildman–Crippen LogP) is 4.81. The summed E-state index contributed by atoms with van der Waals surface area (Å²) in [7, 11) is 0. The quantitative estimate of drug-likeness (QED) is 0.279. The molecular weight excluding hydrogens is 486 g/mol. The van der Waals surface area contributed by atoms with Crippen LogP contribution in [0.2, 0.25) is 0 Å². The van der Waals surface area contributed by atoms with E-state index in [1.807, 2.05) is 25.1 Å². The van der Waals surface area contributed by atoms with Crippen LogP contribution in [0.5, 0.6) is 0 Å². The fourth-order valence-electron chi connectivity index (χ4n) is 5.40. The van der Waals surface area contributed by atoms with Crippen molar-refractivity contribution in [1.29, 1.82) is 0 Å². The zero-order valence-corrected chi connectivity index (χ0v) is 22.2. The Balaban J connectivity index is 1.65. The molecule has 3 unspecified atom stereocenters. The summed E-state index contributed by atoms with van der Waals surface area (Å²) in [6.07, 6.45) is 0.656. The highest BCUT2D eigenvalue weighted by atomic mass is 16.6. The van der Waals surface area contributed by atoms with Gasteiger partial charge >= 0.3 is 11.9 Å². The smallest absolute Gasteiger partial charge is 0.337 e. The maximum atomic E-state index is 13.8. The van der Waals surface area contributed by atoms with Gasteiger partial charge in [-0.15, -0.1) is 0 Å². The first kappa shape index (κ1) is 27.2. The summed E-state index contributed by atoms with van der Waals surface area (Å²) in [6, 6.07) is 16.1. The number of nitrogens with zero attached hydrogens (tertiary/aromatic N) is 3. The Morgan fingerprint density at radius 3 is 2.58 bits per heavy atom. The van der Waals surface area contributed by atoms with E-state index < -0.39 is 34.3 Å². The molecule has 2 aromatic carbocycles. The molecule has 0 bridgehead atoms. The SMILES string of the molecule is CCOC(=O)C1C(C)=NC(C)=C(C(=O)OC2(C)CCN(Cc3ccccc3)C2)C1c1cccc([N+](=O)[O-])c1. The molecule has 9 nitrogen and oxygen atoms in total. The van der Waals surface area contributed by atoms with E-state index in [9.17, 15) is 19.7 Å². The Morgan fingerprint density at radius 2 is 1.89 bits per heavy atom. The van der Waals surface area contributed by atoms with Crippen molar-refractivity contribution in [2.45, 2.75) is 52.2 Å². The van der Waals surface area contributed by atoms with Gasteiger partial charge < -0.3 is 9.47 Å². The summed E-state index contributed by atoms with van der Waals surface area (Å²) in [4.78, 5) is 44.7. The fourth-order valence-corrected chi connectivity index (χ4v) is 5.40. The van der Waals surface area contributed by atoms with Crippen LogP contribution < -0.4 is 0 Å². The molecule has 38 heavy (non-hydrogen) atoms. The number of hydrogen-bond acceptors (Lipinski definition) is 8. The van der Waals surface area contributed by atoms with Gasteiger partial charge in [0.2, 0.25) is 0 Å². The molecule has 0 saturated carbocycles. The van der Waals surface area contributed by atoms with Gasteiger partial charge in [-0.3, -0.25) is 24.8 Å². The monoisotopic (exact) mass is 519 g/mol. The second-order valence-corrected chi connectivity index (χ2v) is 10.1. The van der Waals surface area contributed by atoms with Crippen LogP contribution in [0.1, 0.15) is 51.2 Å². The lowest BCUT2D eigenvalue weighted by Crippen LogP contribution is -2.40. The Labute approximate surface area is 222 Å². The molecule has 2 aliphatic heterocycles. The average Bonchev–Trinajstić information content (AvgIpc) is 3.23. The van der Waals surface area contributed by atoms with Crippen LogP contribution >= 0.6 is 0 Å². The molecule has 4 rings (SSSR count). The standard InChI is InChI=1S/C29H33N3O6/c1-5-37-27(33)24-19(2)30-20(3)25(26(24)22-12-9-13-23(16-22)32(35)36)28(34)38-29(4)14-15-31(18-29)17-21-10-7-6-8-11-21/h6-13,16,24,26H,5,14-15,17-18H2,1-4H3. The maximum absolute atomic E-state index is 13.8. The summed E-state index contributed by atoms with van der Waals surface area (Å²) < 4.78 is 11.5. The fraction of sp³-hybridized carbons (Fsp3) is 0.414. The third kappa shape index (κ3) is 5.83. The Hall–Kier alpha value is -3.85. The van der Waals surface area contributed by atoms with Crippen molar-refractivity contribution < 1.29 is 24.0 Å². The van der Waals surface area contributed by atoms with Crippen LogP contribution in [0, 0.1) is 16.0 Å². The number of carbonyl (C=O) groups is 2. The van der Waals surface area contributed by atoms with Crippen molar-refractivity contribution in [3.05, 3.63) is 87.1 Å². The normalized spacial score (nSPS) is 23.6. The highest BCUT2D eigenvalue weighted by Crippen LogP contribution is 2.42. The number of allylic oxidation sites excluding steroid dienone is 1. The predicted molar refractivity (Wildman–Crippen MR) is 143 cm³/mol. The zero-order valence-electron chi connectivity index (χ0n) is 22.2. The zero-order chi connectivity index (χ0) is 27.4. The molecule has 0 aromatic heterocycles. The van der Waals surface area contributed by atoms with Gasteiger partial charge in [0.05, 0.1) is 17.1 Å². The number of carbonyl (C=O) groups excluding carboxylic acids is 2. The van der Waals surface area contributed by atoms with Crippen LogP contribution in [0.15, 0.2) is 70.9 Å². The third-order valence-electron chi connectivity index (χ3n) is 7.13. The lowest BCUT2D eigenvalue weighted by atomic mass is 9.75. The van der Waals surface area contributed by atoms with Crippen molar-refractivity contribution in [3.8, 4) is 0 Å². The van der Waals surface area contributed by atoms with E-state index in [4.69, 9.17) is 9.47 Å². The van der Waals surface area contributed by atoms with Crippen LogP contribution in [-0.2, 0) is 25.6 Å². The van der Waals surface area contributed by atoms with Crippen LogP contribution in [0.4, 0.5) is 5.69 Å². The largest absolute Gasteiger partial charge is 0.465 e. The van der Waals surface area contributed by atoms with Crippen molar-refractivity contribution in [2.24, 2.45) is 10.9 Å². The molecule has 0 N–H and O–H groups in total. The van der Waals surface area contributed by atoms with E-state index in [0.29, 0.717) is 29.9 Å². The molecule has 0 radical (unpaired) electrons. The van der Waals surface area contributed by atoms with Gasteiger partial charge in [0, 0.05) is 55.5 Å². The number of non-ortho nitro benzene ring substituents is 1. The number of nitro groups is 1. The number of aliphatic imine (C=N–C) groups is 1. The molecule has 9 heteroatoms. The van der Waals surface area contributed by atoms with Crippen molar-refractivity contribution in [2.75, 3.05) is 19.7 Å². The van der Waals surface area contributed by atoms with E-state index in [1.165, 1.54) is 17.7 Å². The van der Waals surface area contributed by atoms with Gasteiger partial charge in [0.15, 0.2) is 0 Å². The van der Waals surface area contributed by atoms with Gasteiger partial charge in [0.25, 0.3) is 5.69 Å². The van der Waals surface area contributed by atoms with Crippen molar-refractivity contribution in [1.82, 2.24) is 4.90 Å². The van der Waals surface area contributed by atoms with E-state index in [0.717, 1.165) is 13.1 Å². The van der Waals surface area contributed by atoms with Crippen LogP contribution in [0.25, 0.3) is 0 Å². The number of benzene rings is 2. The molecule has 2 aromatic rings. The minimum Gasteiger partial charge on any atom is -0.465 e. The number of hydrogen-bond donors (Lipinski definition) is 0. The Bertz CT molecular complexity index is 1290. The van der Waals surface area contributed by atoms with E-state index in [-0.39, 0.29) is 17.9 Å². The lowest BCUT2D eigenvalue weighted by Gasteiger charge is -2.33. The number of nitro benzene ring substituents is 1.